The predicted octanol–water partition coefficient (Wildman–Crippen LogP) is 10.6. The molecular formula is C44H65Cl2NO5. The number of rotatable bonds is 10. The number of benzene rings is 1. The number of carbonyl (C=O) groups excluding carboxylic acids is 2. The lowest BCUT2D eigenvalue weighted by Crippen LogP contribution is -2.65. The highest BCUT2D eigenvalue weighted by Gasteiger charge is 2.70. The molecule has 0 radical (unpaired) electrons. The van der Waals surface area contributed by atoms with Crippen LogP contribution in [-0.4, -0.2) is 35.5 Å². The first kappa shape index (κ1) is 41.3. The molecule has 0 spiro atoms. The molecule has 0 unspecified atom stereocenters. The Labute approximate surface area is 324 Å². The molecule has 4 fully saturated rings. The van der Waals surface area contributed by atoms with Crippen LogP contribution in [0.25, 0.3) is 0 Å². The number of aliphatic carboxylic acids is 1. The van der Waals surface area contributed by atoms with Gasteiger partial charge < -0.3 is 15.2 Å². The summed E-state index contributed by atoms with van der Waals surface area (Å²) in [6, 6.07) is 8.06. The minimum absolute atomic E-state index is 0. The topological polar surface area (TPSA) is 92.7 Å². The van der Waals surface area contributed by atoms with Gasteiger partial charge in [0.1, 0.15) is 6.10 Å². The molecule has 0 bridgehead atoms. The number of halogens is 2. The summed E-state index contributed by atoms with van der Waals surface area (Å²) in [5, 5.41) is 14.1. The van der Waals surface area contributed by atoms with Gasteiger partial charge in [-0.15, -0.1) is 12.4 Å². The van der Waals surface area contributed by atoms with Gasteiger partial charge in [-0.2, -0.15) is 0 Å². The number of Topliss-reactive ketones (excluding diaryl/α,β-unsaturated/α-hetero) is 1. The van der Waals surface area contributed by atoms with Crippen LogP contribution in [0.4, 0.5) is 0 Å². The molecule has 0 saturated heterocycles. The fourth-order valence-corrected chi connectivity index (χ4v) is 13.2. The third-order valence-electron chi connectivity index (χ3n) is 16.0. The lowest BCUT2D eigenvalue weighted by atomic mass is 9.33. The van der Waals surface area contributed by atoms with Gasteiger partial charge in [-0.25, -0.2) is 0 Å². The molecule has 5 aliphatic rings. The maximum atomic E-state index is 14.0. The van der Waals surface area contributed by atoms with Crippen LogP contribution >= 0.6 is 24.0 Å². The highest BCUT2D eigenvalue weighted by molar-refractivity contribution is 6.30. The van der Waals surface area contributed by atoms with Crippen molar-refractivity contribution < 1.29 is 24.2 Å². The highest BCUT2D eigenvalue weighted by atomic mass is 35.5. The Hall–Kier alpha value is -1.89. The molecule has 0 heterocycles. The Kier molecular flexibility index (Phi) is 11.4. The van der Waals surface area contributed by atoms with Crippen LogP contribution < -0.4 is 5.32 Å². The smallest absolute Gasteiger partial charge is 0.309 e. The summed E-state index contributed by atoms with van der Waals surface area (Å²) in [6.07, 6.45) is 9.98. The predicted molar refractivity (Wildman–Crippen MR) is 210 cm³/mol. The van der Waals surface area contributed by atoms with Crippen molar-refractivity contribution in [1.82, 2.24) is 5.32 Å². The molecule has 8 atom stereocenters. The number of ketones is 1. The third-order valence-corrected chi connectivity index (χ3v) is 16.2. The molecule has 290 valence electrons. The fraction of sp³-hybridized carbons (Fsp3) is 0.750. The van der Waals surface area contributed by atoms with E-state index in [1.807, 2.05) is 12.1 Å². The minimum atomic E-state index is -1.15. The van der Waals surface area contributed by atoms with Gasteiger partial charge in [-0.3, -0.25) is 14.4 Å². The van der Waals surface area contributed by atoms with Crippen molar-refractivity contribution in [1.29, 1.82) is 0 Å². The molecule has 52 heavy (non-hydrogen) atoms. The summed E-state index contributed by atoms with van der Waals surface area (Å²) in [6.45, 7) is 21.7. The molecule has 6 nitrogen and oxygen atoms in total. The van der Waals surface area contributed by atoms with Gasteiger partial charge in [0.05, 0.1) is 11.8 Å². The number of nitrogens with one attached hydrogen (secondary N) is 1. The van der Waals surface area contributed by atoms with Gasteiger partial charge in [-0.1, -0.05) is 77.8 Å². The van der Waals surface area contributed by atoms with Crippen molar-refractivity contribution >= 4 is 41.7 Å². The number of ether oxygens (including phenoxy) is 1. The Morgan fingerprint density at radius 3 is 2.25 bits per heavy atom. The van der Waals surface area contributed by atoms with Crippen LogP contribution in [0.2, 0.25) is 5.02 Å². The molecule has 6 rings (SSSR count). The summed E-state index contributed by atoms with van der Waals surface area (Å²) in [5.74, 6) is 0.647. The number of esters is 1. The van der Waals surface area contributed by atoms with Crippen molar-refractivity contribution in [3.63, 3.8) is 0 Å². The number of hydrogen-bond acceptors (Lipinski definition) is 5. The molecular weight excluding hydrogens is 693 g/mol. The van der Waals surface area contributed by atoms with Gasteiger partial charge in [0.2, 0.25) is 0 Å². The lowest BCUT2D eigenvalue weighted by Gasteiger charge is -2.72. The first-order valence-electron chi connectivity index (χ1n) is 19.9. The Balaban J connectivity index is 0.00000523. The number of fused-ring (bicyclic) bond motifs is 7. The second-order valence-corrected chi connectivity index (χ2v) is 20.2. The summed E-state index contributed by atoms with van der Waals surface area (Å²) >= 11 is 6.12. The number of carboxylic acids is 1. The second-order valence-electron chi connectivity index (χ2n) is 19.7. The van der Waals surface area contributed by atoms with E-state index in [0.29, 0.717) is 30.0 Å². The van der Waals surface area contributed by atoms with Crippen LogP contribution in [0, 0.1) is 56.2 Å². The zero-order chi connectivity index (χ0) is 37.4. The lowest BCUT2D eigenvalue weighted by molar-refractivity contribution is -0.233. The second kappa shape index (κ2) is 14.3. The number of carboxylic acid groups (broad SMARTS) is 1. The summed E-state index contributed by atoms with van der Waals surface area (Å²) in [5.41, 5.74) is 2.89. The largest absolute Gasteiger partial charge is 0.481 e. The summed E-state index contributed by atoms with van der Waals surface area (Å²) in [4.78, 5) is 38.8. The molecule has 0 aromatic heterocycles. The monoisotopic (exact) mass is 757 g/mol. The standard InChI is InChI=1S/C44H64ClNO5.ClH/c1-27(2)36-31(47)24-44(22-23-46-26-28-10-12-29(45)13-11-28)21-20-42(8)30(37(36)44)14-15-33-41(7)18-17-34(51-35(48)25-39(3,4)38(49)50)40(5,6)32(41)16-19-43(33,42)9;/h10-13,27,30,32-34,46H,14-26H2,1-9H3,(H,49,50);1H/t30-,32+,33-,34+,41+,42-,43-,44-;/m1./s1. The van der Waals surface area contributed by atoms with Gasteiger partial charge in [-0.05, 0) is 141 Å². The number of hydrogen-bond donors (Lipinski definition) is 2. The van der Waals surface area contributed by atoms with Crippen molar-refractivity contribution in [2.24, 2.45) is 56.2 Å². The van der Waals surface area contributed by atoms with Crippen LogP contribution in [0.1, 0.15) is 139 Å². The minimum Gasteiger partial charge on any atom is -0.481 e. The molecule has 4 saturated carbocycles. The van der Waals surface area contributed by atoms with Crippen LogP contribution in [0.15, 0.2) is 35.4 Å². The van der Waals surface area contributed by atoms with Crippen LogP contribution in [-0.2, 0) is 25.7 Å². The van der Waals surface area contributed by atoms with E-state index in [-0.39, 0.29) is 57.9 Å². The molecule has 0 amide bonds. The maximum absolute atomic E-state index is 14.0. The molecule has 2 N–H and O–H groups in total. The van der Waals surface area contributed by atoms with E-state index >= 15 is 0 Å². The first-order chi connectivity index (χ1) is 23.7. The van der Waals surface area contributed by atoms with Crippen molar-refractivity contribution in [2.75, 3.05) is 6.54 Å². The van der Waals surface area contributed by atoms with E-state index in [1.54, 1.807) is 13.8 Å². The van der Waals surface area contributed by atoms with E-state index in [0.717, 1.165) is 75.1 Å². The van der Waals surface area contributed by atoms with E-state index in [4.69, 9.17) is 16.3 Å². The van der Waals surface area contributed by atoms with Crippen LogP contribution in [0.5, 0.6) is 0 Å². The summed E-state index contributed by atoms with van der Waals surface area (Å²) < 4.78 is 6.18. The normalized spacial score (nSPS) is 36.6. The highest BCUT2D eigenvalue weighted by Crippen LogP contribution is 2.77. The maximum Gasteiger partial charge on any atom is 0.309 e. The zero-order valence-corrected chi connectivity index (χ0v) is 34.8. The van der Waals surface area contributed by atoms with E-state index in [9.17, 15) is 19.5 Å². The number of carbonyl (C=O) groups is 3. The molecule has 1 aromatic carbocycles. The quantitative estimate of drug-likeness (QED) is 0.182. The molecule has 0 aliphatic heterocycles. The fourth-order valence-electron chi connectivity index (χ4n) is 13.0. The molecule has 1 aromatic rings. The average molecular weight is 759 g/mol. The van der Waals surface area contributed by atoms with Gasteiger partial charge in [0, 0.05) is 28.8 Å². The van der Waals surface area contributed by atoms with Gasteiger partial charge in [0.15, 0.2) is 5.78 Å². The molecule has 8 heteroatoms. The number of allylic oxidation sites excluding steroid dienone is 2. The van der Waals surface area contributed by atoms with E-state index in [2.05, 4.69) is 65.9 Å². The van der Waals surface area contributed by atoms with Gasteiger partial charge >= 0.3 is 11.9 Å². The SMILES string of the molecule is CC(C)C1=C2[C@H]3CC[C@@H]4[C@@]5(C)CC[C@H](OC(=O)CC(C)(C)C(=O)O)C(C)(C)[C@@H]5CC[C@@]4(C)[C@]3(C)CC[C@@]2(CCNCc2ccc(Cl)cc2)CC1=O.Cl. The first-order valence-corrected chi connectivity index (χ1v) is 20.3. The van der Waals surface area contributed by atoms with Gasteiger partial charge in [0.25, 0.3) is 0 Å². The van der Waals surface area contributed by atoms with Crippen molar-refractivity contribution in [3.8, 4) is 0 Å². The van der Waals surface area contributed by atoms with Crippen molar-refractivity contribution in [3.05, 3.63) is 46.0 Å². The van der Waals surface area contributed by atoms with Crippen LogP contribution in [0.3, 0.4) is 0 Å². The van der Waals surface area contributed by atoms with E-state index < -0.39 is 17.4 Å². The van der Waals surface area contributed by atoms with E-state index in [1.165, 1.54) is 17.6 Å². The third kappa shape index (κ3) is 6.61. The molecule has 5 aliphatic carbocycles. The zero-order valence-electron chi connectivity index (χ0n) is 33.3. The Bertz CT molecular complexity index is 1580. The van der Waals surface area contributed by atoms with Crippen molar-refractivity contribution in [2.45, 2.75) is 146 Å². The Morgan fingerprint density at radius 2 is 1.62 bits per heavy atom. The summed E-state index contributed by atoms with van der Waals surface area (Å²) in [7, 11) is 0. The Morgan fingerprint density at radius 1 is 0.942 bits per heavy atom. The average Bonchev–Trinajstić information content (AvgIpc) is 3.34.